The van der Waals surface area contributed by atoms with Crippen molar-refractivity contribution in [2.45, 2.75) is 19.8 Å². The summed E-state index contributed by atoms with van der Waals surface area (Å²) in [5.74, 6) is 2.10. The fourth-order valence-corrected chi connectivity index (χ4v) is 2.42. The molecule has 6 nitrogen and oxygen atoms in total. The van der Waals surface area contributed by atoms with Crippen molar-refractivity contribution in [2.24, 2.45) is 4.99 Å². The van der Waals surface area contributed by atoms with Gasteiger partial charge in [-0.1, -0.05) is 11.2 Å². The molecule has 0 aliphatic rings. The lowest BCUT2D eigenvalue weighted by molar-refractivity contribution is 0.374. The minimum absolute atomic E-state index is 0.643. The first-order valence-electron chi connectivity index (χ1n) is 6.54. The van der Waals surface area contributed by atoms with Crippen LogP contribution in [-0.4, -0.2) is 36.2 Å². The van der Waals surface area contributed by atoms with Crippen LogP contribution in [0.15, 0.2) is 27.0 Å². The van der Waals surface area contributed by atoms with Gasteiger partial charge >= 0.3 is 0 Å². The first-order valence-corrected chi connectivity index (χ1v) is 7.42. The lowest BCUT2D eigenvalue weighted by Gasteiger charge is -2.10. The normalized spacial score (nSPS) is 11.6. The van der Waals surface area contributed by atoms with Crippen molar-refractivity contribution in [1.29, 1.82) is 0 Å². The minimum atomic E-state index is 0.643. The molecule has 2 aromatic rings. The van der Waals surface area contributed by atoms with Gasteiger partial charge in [-0.05, 0) is 24.8 Å². The molecule has 0 fully saturated rings. The highest BCUT2D eigenvalue weighted by molar-refractivity contribution is 7.09. The van der Waals surface area contributed by atoms with Crippen molar-refractivity contribution in [1.82, 2.24) is 20.8 Å². The van der Waals surface area contributed by atoms with E-state index in [-0.39, 0.29) is 0 Å². The topological polar surface area (TPSA) is 75.3 Å². The molecule has 0 aromatic carbocycles. The second-order valence-corrected chi connectivity index (χ2v) is 5.27. The Balaban J connectivity index is 1.65. The van der Waals surface area contributed by atoms with E-state index in [9.17, 15) is 0 Å². The zero-order valence-corrected chi connectivity index (χ0v) is 12.5. The maximum absolute atomic E-state index is 5.05. The van der Waals surface area contributed by atoms with Gasteiger partial charge in [0.2, 0.25) is 5.89 Å². The Morgan fingerprint density at radius 1 is 1.35 bits per heavy atom. The Morgan fingerprint density at radius 3 is 2.75 bits per heavy atom. The van der Waals surface area contributed by atoms with Gasteiger partial charge in [0, 0.05) is 31.4 Å². The van der Waals surface area contributed by atoms with E-state index in [1.54, 1.807) is 18.4 Å². The molecule has 2 N–H and O–H groups in total. The fraction of sp³-hybridized carbons (Fsp3) is 0.462. The quantitative estimate of drug-likeness (QED) is 0.622. The predicted octanol–water partition coefficient (Wildman–Crippen LogP) is 1.39. The molecule has 0 saturated heterocycles. The van der Waals surface area contributed by atoms with Crippen molar-refractivity contribution in [3.05, 3.63) is 34.1 Å². The first kappa shape index (κ1) is 14.5. The third kappa shape index (κ3) is 4.65. The van der Waals surface area contributed by atoms with Gasteiger partial charge in [-0.2, -0.15) is 4.98 Å². The molecule has 108 valence electrons. The molecule has 0 amide bonds. The predicted molar refractivity (Wildman–Crippen MR) is 80.1 cm³/mol. The second-order valence-electron chi connectivity index (χ2n) is 4.24. The number of aromatic nitrogens is 2. The van der Waals surface area contributed by atoms with Crippen LogP contribution in [0.2, 0.25) is 0 Å². The lowest BCUT2D eigenvalue weighted by atomic mass is 10.3. The van der Waals surface area contributed by atoms with E-state index in [2.05, 4.69) is 43.3 Å². The summed E-state index contributed by atoms with van der Waals surface area (Å²) >= 11 is 1.77. The molecule has 0 bridgehead atoms. The van der Waals surface area contributed by atoms with E-state index in [4.69, 9.17) is 4.52 Å². The van der Waals surface area contributed by atoms with Crippen molar-refractivity contribution in [2.75, 3.05) is 20.1 Å². The number of thiophene rings is 1. The van der Waals surface area contributed by atoms with Crippen LogP contribution in [0.5, 0.6) is 0 Å². The highest BCUT2D eigenvalue weighted by Gasteiger charge is 2.03. The number of nitrogens with zero attached hydrogens (tertiary/aromatic N) is 3. The minimum Gasteiger partial charge on any atom is -0.356 e. The fourth-order valence-electron chi connectivity index (χ4n) is 1.71. The number of hydrogen-bond acceptors (Lipinski definition) is 5. The number of rotatable bonds is 6. The van der Waals surface area contributed by atoms with Crippen molar-refractivity contribution < 1.29 is 4.52 Å². The molecule has 0 aliphatic carbocycles. The summed E-state index contributed by atoms with van der Waals surface area (Å²) in [4.78, 5) is 9.70. The molecular weight excluding hydrogens is 274 g/mol. The molecule has 2 aromatic heterocycles. The van der Waals surface area contributed by atoms with E-state index in [1.165, 1.54) is 4.88 Å². The maximum Gasteiger partial charge on any atom is 0.228 e. The van der Waals surface area contributed by atoms with Crippen LogP contribution in [0.25, 0.3) is 0 Å². The SMILES string of the molecule is CN=C(NCCc1nc(C)no1)NCCc1cccs1. The molecular formula is C13H19N5OS. The number of aryl methyl sites for hydroxylation is 1. The standard InChI is InChI=1S/C13H19N5OS/c1-10-17-12(19-18-10)6-8-16-13(14-2)15-7-5-11-4-3-9-20-11/h3-4,9H,5-8H2,1-2H3,(H2,14,15,16). The van der Waals surface area contributed by atoms with E-state index >= 15 is 0 Å². The Bertz CT molecular complexity index is 535. The van der Waals surface area contributed by atoms with Gasteiger partial charge in [-0.25, -0.2) is 0 Å². The molecule has 0 aliphatic heterocycles. The van der Waals surface area contributed by atoms with Crippen LogP contribution in [0.1, 0.15) is 16.6 Å². The highest BCUT2D eigenvalue weighted by Crippen LogP contribution is 2.07. The van der Waals surface area contributed by atoms with Gasteiger partial charge in [-0.3, -0.25) is 4.99 Å². The molecule has 20 heavy (non-hydrogen) atoms. The summed E-state index contributed by atoms with van der Waals surface area (Å²) in [5, 5.41) is 12.3. The van der Waals surface area contributed by atoms with Gasteiger partial charge in [0.25, 0.3) is 0 Å². The van der Waals surface area contributed by atoms with E-state index in [1.807, 2.05) is 6.92 Å². The Hall–Kier alpha value is -1.89. The van der Waals surface area contributed by atoms with Crippen LogP contribution in [0.3, 0.4) is 0 Å². The van der Waals surface area contributed by atoms with Crippen molar-refractivity contribution in [3.8, 4) is 0 Å². The van der Waals surface area contributed by atoms with Crippen LogP contribution in [0, 0.1) is 6.92 Å². The third-order valence-corrected chi connectivity index (χ3v) is 3.60. The number of nitrogens with one attached hydrogen (secondary N) is 2. The number of hydrogen-bond donors (Lipinski definition) is 2. The van der Waals surface area contributed by atoms with E-state index < -0.39 is 0 Å². The van der Waals surface area contributed by atoms with Gasteiger partial charge in [-0.15, -0.1) is 11.3 Å². The van der Waals surface area contributed by atoms with Gasteiger partial charge in [0.05, 0.1) is 0 Å². The van der Waals surface area contributed by atoms with Crippen LogP contribution >= 0.6 is 11.3 Å². The monoisotopic (exact) mass is 293 g/mol. The zero-order chi connectivity index (χ0) is 14.2. The van der Waals surface area contributed by atoms with Gasteiger partial charge < -0.3 is 15.2 Å². The van der Waals surface area contributed by atoms with E-state index in [0.29, 0.717) is 24.7 Å². The van der Waals surface area contributed by atoms with Gasteiger partial charge in [0.15, 0.2) is 11.8 Å². The summed E-state index contributed by atoms with van der Waals surface area (Å²) in [5.41, 5.74) is 0. The molecule has 7 heteroatoms. The smallest absolute Gasteiger partial charge is 0.228 e. The second kappa shape index (κ2) is 7.64. The summed E-state index contributed by atoms with van der Waals surface area (Å²) in [6, 6.07) is 4.21. The molecule has 2 rings (SSSR count). The number of guanidine groups is 1. The largest absolute Gasteiger partial charge is 0.356 e. The molecule has 2 heterocycles. The summed E-state index contributed by atoms with van der Waals surface area (Å²) in [6.45, 7) is 3.38. The van der Waals surface area contributed by atoms with Crippen molar-refractivity contribution in [3.63, 3.8) is 0 Å². The average Bonchev–Trinajstić information content (AvgIpc) is 3.09. The third-order valence-electron chi connectivity index (χ3n) is 2.67. The zero-order valence-electron chi connectivity index (χ0n) is 11.7. The summed E-state index contributed by atoms with van der Waals surface area (Å²) < 4.78 is 5.05. The Kier molecular flexibility index (Phi) is 5.55. The Labute approximate surface area is 122 Å². The van der Waals surface area contributed by atoms with E-state index in [0.717, 1.165) is 18.9 Å². The van der Waals surface area contributed by atoms with Crippen LogP contribution in [0.4, 0.5) is 0 Å². The average molecular weight is 293 g/mol. The van der Waals surface area contributed by atoms with Crippen LogP contribution < -0.4 is 10.6 Å². The molecule has 0 radical (unpaired) electrons. The van der Waals surface area contributed by atoms with Crippen LogP contribution in [-0.2, 0) is 12.8 Å². The molecule has 0 saturated carbocycles. The summed E-state index contributed by atoms with van der Waals surface area (Å²) in [7, 11) is 1.76. The molecule has 0 atom stereocenters. The number of aliphatic imine (C=N–C) groups is 1. The Morgan fingerprint density at radius 2 is 2.15 bits per heavy atom. The van der Waals surface area contributed by atoms with Crippen molar-refractivity contribution >= 4 is 17.3 Å². The summed E-state index contributed by atoms with van der Waals surface area (Å²) in [6.07, 6.45) is 1.69. The molecule has 0 unspecified atom stereocenters. The highest BCUT2D eigenvalue weighted by atomic mass is 32.1. The molecule has 0 spiro atoms. The lowest BCUT2D eigenvalue weighted by Crippen LogP contribution is -2.39. The first-order chi connectivity index (χ1) is 9.78. The maximum atomic E-state index is 5.05. The van der Waals surface area contributed by atoms with Gasteiger partial charge in [0.1, 0.15) is 0 Å².